The van der Waals surface area contributed by atoms with Crippen molar-refractivity contribution >= 4 is 5.78 Å². The van der Waals surface area contributed by atoms with E-state index in [4.69, 9.17) is 0 Å². The number of H-pyrrole nitrogens is 1. The number of nitrogens with zero attached hydrogens (tertiary/aromatic N) is 7. The van der Waals surface area contributed by atoms with Crippen LogP contribution in [0.1, 0.15) is 61.5 Å². The van der Waals surface area contributed by atoms with Gasteiger partial charge in [0.25, 0.3) is 0 Å². The summed E-state index contributed by atoms with van der Waals surface area (Å²) in [4.78, 5) is 17.2. The Morgan fingerprint density at radius 3 is 2.23 bits per heavy atom. The van der Waals surface area contributed by atoms with Crippen LogP contribution in [0.5, 0.6) is 0 Å². The molecule has 9 heteroatoms. The Hall–Kier alpha value is -5.18. The molecule has 3 aromatic carbocycles. The number of rotatable bonds is 12. The van der Waals surface area contributed by atoms with Gasteiger partial charge in [-0.1, -0.05) is 93.1 Å². The zero-order valence-electron chi connectivity index (χ0n) is 24.4. The van der Waals surface area contributed by atoms with Gasteiger partial charge in [0.1, 0.15) is 11.5 Å². The van der Waals surface area contributed by atoms with Crippen molar-refractivity contribution in [2.24, 2.45) is 0 Å². The summed E-state index contributed by atoms with van der Waals surface area (Å²) in [6.07, 6.45) is 4.08. The van der Waals surface area contributed by atoms with Crippen molar-refractivity contribution in [2.75, 3.05) is 0 Å². The molecule has 3 heterocycles. The van der Waals surface area contributed by atoms with E-state index in [1.807, 2.05) is 48.0 Å². The third-order valence-corrected chi connectivity index (χ3v) is 7.48. The number of hydrogen-bond acceptors (Lipinski definition) is 6. The highest BCUT2D eigenvalue weighted by Crippen LogP contribution is 2.39. The number of carbonyl (C=O) groups excluding carboxylic acids is 1. The predicted molar refractivity (Wildman–Crippen MR) is 167 cm³/mol. The molecule has 0 radical (unpaired) electrons. The molecule has 216 valence electrons. The molecule has 0 spiro atoms. The maximum Gasteiger partial charge on any atom is 0.217 e. The third-order valence-electron chi connectivity index (χ3n) is 7.48. The first kappa shape index (κ1) is 28.0. The molecule has 1 N–H and O–H groups in total. The number of aromatic amines is 1. The molecule has 6 aromatic rings. The predicted octanol–water partition coefficient (Wildman–Crippen LogP) is 6.96. The maximum atomic E-state index is 12.6. The average Bonchev–Trinajstić information content (AvgIpc) is 3.81. The number of unbranched alkanes of at least 4 members (excludes halogenated alkanes) is 1. The molecule has 0 aliphatic rings. The van der Waals surface area contributed by atoms with Crippen molar-refractivity contribution in [3.8, 4) is 39.6 Å². The first-order valence-corrected chi connectivity index (χ1v) is 14.8. The minimum Gasteiger partial charge on any atom is -0.306 e. The monoisotopic (exact) mass is 570 g/mol. The maximum absolute atomic E-state index is 12.6. The van der Waals surface area contributed by atoms with Gasteiger partial charge in [0.2, 0.25) is 11.6 Å². The number of nitrogens with one attached hydrogen (secondary N) is 1. The highest BCUT2D eigenvalue weighted by Gasteiger charge is 2.23. The molecule has 9 nitrogen and oxygen atoms in total. The lowest BCUT2D eigenvalue weighted by Gasteiger charge is -2.14. The van der Waals surface area contributed by atoms with Crippen LogP contribution in [0.15, 0.2) is 91.0 Å². The number of Topliss-reactive ketones (excluding diaryl/α,β-unsaturated/α-hetero) is 1. The summed E-state index contributed by atoms with van der Waals surface area (Å²) in [5.41, 5.74) is 7.11. The smallest absolute Gasteiger partial charge is 0.217 e. The summed E-state index contributed by atoms with van der Waals surface area (Å²) in [7, 11) is 0. The Balaban J connectivity index is 1.42. The van der Waals surface area contributed by atoms with Crippen molar-refractivity contribution in [3.05, 3.63) is 108 Å². The number of aryl methyl sites for hydroxylation is 1. The minimum absolute atomic E-state index is 0.000879. The highest BCUT2D eigenvalue weighted by molar-refractivity contribution is 5.92. The first-order chi connectivity index (χ1) is 21.2. The number of hydrogen-bond donors (Lipinski definition) is 1. The standard InChI is InChI=1S/C34H34N8O/c1-3-5-17-31-35-33(30(43)12-4-2)38-41(31)23-24-18-20-27(21-19-24)42-29(26-15-10-7-11-16-26)22-28(25-13-8-6-9-14-25)32(42)34-36-39-40-37-34/h6-11,13-16,18-22H,3-5,12,17,23H2,1-2H3,(H,36,37,39,40). The normalized spacial score (nSPS) is 11.2. The first-order valence-electron chi connectivity index (χ1n) is 14.8. The lowest BCUT2D eigenvalue weighted by molar-refractivity contribution is 0.0971. The largest absolute Gasteiger partial charge is 0.306 e. The molecular weight excluding hydrogens is 536 g/mol. The number of tetrazole rings is 1. The molecule has 0 aliphatic carbocycles. The molecule has 0 amide bonds. The Kier molecular flexibility index (Phi) is 8.31. The average molecular weight is 571 g/mol. The third kappa shape index (κ3) is 5.92. The van der Waals surface area contributed by atoms with E-state index in [9.17, 15) is 4.79 Å². The topological polar surface area (TPSA) is 107 Å². The van der Waals surface area contributed by atoms with Gasteiger partial charge in [0.15, 0.2) is 5.82 Å². The quantitative estimate of drug-likeness (QED) is 0.159. The number of benzene rings is 3. The summed E-state index contributed by atoms with van der Waals surface area (Å²) in [5, 5.41) is 19.7. The van der Waals surface area contributed by atoms with Gasteiger partial charge in [-0.15, -0.1) is 10.2 Å². The van der Waals surface area contributed by atoms with E-state index in [0.29, 0.717) is 24.6 Å². The van der Waals surface area contributed by atoms with Crippen molar-refractivity contribution < 1.29 is 4.79 Å². The van der Waals surface area contributed by atoms with Crippen LogP contribution in [0.25, 0.3) is 39.6 Å². The van der Waals surface area contributed by atoms with Gasteiger partial charge < -0.3 is 4.57 Å². The van der Waals surface area contributed by atoms with E-state index < -0.39 is 0 Å². The van der Waals surface area contributed by atoms with Crippen LogP contribution in [0, 0.1) is 0 Å². The number of carbonyl (C=O) groups is 1. The molecular formula is C34H34N8O. The summed E-state index contributed by atoms with van der Waals surface area (Å²) in [5.74, 6) is 1.76. The van der Waals surface area contributed by atoms with Crippen LogP contribution in [0.4, 0.5) is 0 Å². The molecule has 43 heavy (non-hydrogen) atoms. The van der Waals surface area contributed by atoms with Crippen LogP contribution in [0.2, 0.25) is 0 Å². The molecule has 0 atom stereocenters. The zero-order valence-corrected chi connectivity index (χ0v) is 24.4. The van der Waals surface area contributed by atoms with Crippen LogP contribution in [-0.4, -0.2) is 45.7 Å². The van der Waals surface area contributed by atoms with E-state index in [-0.39, 0.29) is 5.78 Å². The lowest BCUT2D eigenvalue weighted by atomic mass is 10.0. The molecule has 3 aromatic heterocycles. The summed E-state index contributed by atoms with van der Waals surface area (Å²) in [6, 6.07) is 31.2. The minimum atomic E-state index is -0.000879. The van der Waals surface area contributed by atoms with Gasteiger partial charge in [-0.05, 0) is 58.2 Å². The Bertz CT molecular complexity index is 1790. The second kappa shape index (κ2) is 12.8. The van der Waals surface area contributed by atoms with E-state index in [1.165, 1.54) is 0 Å². The summed E-state index contributed by atoms with van der Waals surface area (Å²) >= 11 is 0. The SMILES string of the molecule is CCCCc1nc(C(=O)CCC)nn1Cc1ccc(-n2c(-c3ccccc3)cc(-c3ccccc3)c2-c2nnn[nH]2)cc1. The van der Waals surface area contributed by atoms with Gasteiger partial charge in [-0.25, -0.2) is 14.8 Å². The number of aromatic nitrogens is 8. The molecule has 0 bridgehead atoms. The fraction of sp³-hybridized carbons (Fsp3) is 0.235. The van der Waals surface area contributed by atoms with E-state index >= 15 is 0 Å². The second-order valence-electron chi connectivity index (χ2n) is 10.6. The summed E-state index contributed by atoms with van der Waals surface area (Å²) in [6.45, 7) is 4.69. The molecule has 0 fully saturated rings. The van der Waals surface area contributed by atoms with Gasteiger partial charge in [0, 0.05) is 24.1 Å². The fourth-order valence-corrected chi connectivity index (χ4v) is 5.33. The second-order valence-corrected chi connectivity index (χ2v) is 10.6. The zero-order chi connectivity index (χ0) is 29.6. The molecule has 0 aliphatic heterocycles. The fourth-order valence-electron chi connectivity index (χ4n) is 5.33. The molecule has 0 unspecified atom stereocenters. The van der Waals surface area contributed by atoms with E-state index in [0.717, 1.165) is 70.8 Å². The summed E-state index contributed by atoms with van der Waals surface area (Å²) < 4.78 is 4.09. The van der Waals surface area contributed by atoms with Crippen LogP contribution >= 0.6 is 0 Å². The molecule has 6 rings (SSSR count). The molecule has 0 saturated heterocycles. The van der Waals surface area contributed by atoms with Gasteiger partial charge >= 0.3 is 0 Å². The van der Waals surface area contributed by atoms with Crippen molar-refractivity contribution in [2.45, 2.75) is 52.5 Å². The highest BCUT2D eigenvalue weighted by atomic mass is 16.1. The molecule has 0 saturated carbocycles. The lowest BCUT2D eigenvalue weighted by Crippen LogP contribution is -2.08. The Morgan fingerprint density at radius 1 is 0.860 bits per heavy atom. The van der Waals surface area contributed by atoms with E-state index in [1.54, 1.807) is 0 Å². The van der Waals surface area contributed by atoms with Crippen LogP contribution < -0.4 is 0 Å². The Morgan fingerprint density at radius 2 is 1.58 bits per heavy atom. The van der Waals surface area contributed by atoms with Crippen molar-refractivity contribution in [3.63, 3.8) is 0 Å². The van der Waals surface area contributed by atoms with Crippen molar-refractivity contribution in [1.82, 2.24) is 40.0 Å². The number of ketones is 1. The van der Waals surface area contributed by atoms with Crippen molar-refractivity contribution in [1.29, 1.82) is 0 Å². The van der Waals surface area contributed by atoms with Gasteiger partial charge in [-0.2, -0.15) is 0 Å². The Labute approximate surface area is 250 Å². The van der Waals surface area contributed by atoms with E-state index in [2.05, 4.69) is 96.8 Å². The van der Waals surface area contributed by atoms with Crippen LogP contribution in [-0.2, 0) is 13.0 Å². The van der Waals surface area contributed by atoms with Gasteiger partial charge in [0.05, 0.1) is 12.2 Å². The van der Waals surface area contributed by atoms with Crippen LogP contribution in [0.3, 0.4) is 0 Å². The van der Waals surface area contributed by atoms with Gasteiger partial charge in [-0.3, -0.25) is 4.79 Å².